The lowest BCUT2D eigenvalue weighted by Crippen LogP contribution is -2.19. The molecule has 0 unspecified atom stereocenters. The first-order valence-corrected chi connectivity index (χ1v) is 10.0. The molecule has 1 aliphatic carbocycles. The lowest BCUT2D eigenvalue weighted by atomic mass is 9.90. The van der Waals surface area contributed by atoms with E-state index >= 15 is 0 Å². The van der Waals surface area contributed by atoms with Crippen LogP contribution >= 0.6 is 0 Å². The fourth-order valence-corrected chi connectivity index (χ4v) is 3.73. The van der Waals surface area contributed by atoms with Crippen molar-refractivity contribution in [3.63, 3.8) is 0 Å². The van der Waals surface area contributed by atoms with Crippen molar-refractivity contribution in [1.82, 2.24) is 9.97 Å². The van der Waals surface area contributed by atoms with E-state index in [0.29, 0.717) is 17.3 Å². The highest BCUT2D eigenvalue weighted by molar-refractivity contribution is 6.04. The summed E-state index contributed by atoms with van der Waals surface area (Å²) in [6.45, 7) is 4.30. The lowest BCUT2D eigenvalue weighted by Gasteiger charge is -2.22. The molecule has 2 N–H and O–H groups in total. The Morgan fingerprint density at radius 1 is 1.10 bits per heavy atom. The molecule has 29 heavy (non-hydrogen) atoms. The summed E-state index contributed by atoms with van der Waals surface area (Å²) in [7, 11) is 0. The molecular formula is C24H25N3O2. The normalized spacial score (nSPS) is 12.4. The molecule has 1 aliphatic rings. The van der Waals surface area contributed by atoms with Crippen LogP contribution in [0.2, 0.25) is 0 Å². The van der Waals surface area contributed by atoms with Crippen LogP contribution in [0.5, 0.6) is 0 Å². The maximum atomic E-state index is 12.7. The molecule has 1 amide bonds. The number of nitrogens with zero attached hydrogens (tertiary/aromatic N) is 2. The quantitative estimate of drug-likeness (QED) is 0.688. The van der Waals surface area contributed by atoms with Crippen LogP contribution in [0.4, 0.5) is 5.82 Å². The van der Waals surface area contributed by atoms with Crippen molar-refractivity contribution in [2.24, 2.45) is 5.92 Å². The van der Waals surface area contributed by atoms with Gasteiger partial charge in [-0.1, -0.05) is 50.2 Å². The van der Waals surface area contributed by atoms with Gasteiger partial charge in [0.1, 0.15) is 0 Å². The molecule has 0 fully saturated rings. The number of anilines is 1. The Hall–Kier alpha value is -3.05. The Morgan fingerprint density at radius 3 is 2.62 bits per heavy atom. The Labute approximate surface area is 170 Å². The molecule has 0 radical (unpaired) electrons. The second kappa shape index (κ2) is 8.13. The van der Waals surface area contributed by atoms with E-state index < -0.39 is 0 Å². The summed E-state index contributed by atoms with van der Waals surface area (Å²) in [4.78, 5) is 22.5. The van der Waals surface area contributed by atoms with Gasteiger partial charge in [-0.25, -0.2) is 9.97 Å². The lowest BCUT2D eigenvalue weighted by molar-refractivity contribution is 0.102. The van der Waals surface area contributed by atoms with E-state index in [-0.39, 0.29) is 12.5 Å². The van der Waals surface area contributed by atoms with Gasteiger partial charge in [-0.15, -0.1) is 0 Å². The topological polar surface area (TPSA) is 75.1 Å². The highest BCUT2D eigenvalue weighted by Crippen LogP contribution is 2.34. The Bertz CT molecular complexity index is 1050. The Kier molecular flexibility index (Phi) is 5.41. The molecule has 2 aromatic carbocycles. The Morgan fingerprint density at radius 2 is 1.90 bits per heavy atom. The number of aliphatic hydroxyl groups is 1. The Balaban J connectivity index is 1.74. The fraction of sp³-hybridized carbons (Fsp3) is 0.292. The molecule has 1 heterocycles. The van der Waals surface area contributed by atoms with Crippen LogP contribution in [-0.2, 0) is 25.9 Å². The van der Waals surface area contributed by atoms with Crippen LogP contribution in [0, 0.1) is 5.92 Å². The third-order valence-corrected chi connectivity index (χ3v) is 5.15. The molecule has 0 saturated heterocycles. The zero-order chi connectivity index (χ0) is 20.4. The largest absolute Gasteiger partial charge is 0.392 e. The van der Waals surface area contributed by atoms with E-state index in [1.807, 2.05) is 36.4 Å². The SMILES string of the molecule is CC(C)Cc1nc2c(nc1NC(=O)c1ccccc1)CCc1cc(CO)ccc1-2. The van der Waals surface area contributed by atoms with Crippen LogP contribution in [0.25, 0.3) is 11.3 Å². The van der Waals surface area contributed by atoms with Gasteiger partial charge in [0.25, 0.3) is 5.91 Å². The van der Waals surface area contributed by atoms with Crippen molar-refractivity contribution >= 4 is 11.7 Å². The highest BCUT2D eigenvalue weighted by Gasteiger charge is 2.23. The predicted octanol–water partition coefficient (Wildman–Crippen LogP) is 4.19. The first-order valence-electron chi connectivity index (χ1n) is 10.0. The third-order valence-electron chi connectivity index (χ3n) is 5.15. The smallest absolute Gasteiger partial charge is 0.256 e. The van der Waals surface area contributed by atoms with Gasteiger partial charge in [0, 0.05) is 11.1 Å². The average molecular weight is 387 g/mol. The minimum Gasteiger partial charge on any atom is -0.392 e. The summed E-state index contributed by atoms with van der Waals surface area (Å²) in [5.74, 6) is 0.768. The fourth-order valence-electron chi connectivity index (χ4n) is 3.73. The van der Waals surface area contributed by atoms with E-state index in [2.05, 4.69) is 19.2 Å². The summed E-state index contributed by atoms with van der Waals surface area (Å²) in [5, 5.41) is 12.4. The van der Waals surface area contributed by atoms with Gasteiger partial charge in [-0.2, -0.15) is 0 Å². The maximum absolute atomic E-state index is 12.7. The zero-order valence-corrected chi connectivity index (χ0v) is 16.8. The second-order valence-electron chi connectivity index (χ2n) is 7.88. The minimum atomic E-state index is -0.173. The van der Waals surface area contributed by atoms with Crippen molar-refractivity contribution in [2.75, 3.05) is 5.32 Å². The highest BCUT2D eigenvalue weighted by atomic mass is 16.3. The zero-order valence-electron chi connectivity index (χ0n) is 16.8. The molecule has 0 atom stereocenters. The number of benzene rings is 2. The molecule has 148 valence electrons. The number of rotatable bonds is 5. The number of nitrogens with one attached hydrogen (secondary N) is 1. The summed E-state index contributed by atoms with van der Waals surface area (Å²) in [6.07, 6.45) is 2.34. The van der Waals surface area contributed by atoms with Crippen molar-refractivity contribution in [3.8, 4) is 11.3 Å². The standard InChI is InChI=1S/C24H25N3O2/c1-15(2)12-21-23(27-24(29)17-6-4-3-5-7-17)26-20-11-9-18-13-16(14-28)8-10-19(18)22(20)25-21/h3-8,10,13,15,28H,9,11-12,14H2,1-2H3,(H,26,27,29). The van der Waals surface area contributed by atoms with Crippen LogP contribution < -0.4 is 5.32 Å². The summed E-state index contributed by atoms with van der Waals surface area (Å²) < 4.78 is 0. The summed E-state index contributed by atoms with van der Waals surface area (Å²) in [6, 6.07) is 15.2. The van der Waals surface area contributed by atoms with Crippen molar-refractivity contribution in [1.29, 1.82) is 0 Å². The van der Waals surface area contributed by atoms with E-state index in [1.165, 1.54) is 5.56 Å². The van der Waals surface area contributed by atoms with Gasteiger partial charge >= 0.3 is 0 Å². The summed E-state index contributed by atoms with van der Waals surface area (Å²) >= 11 is 0. The summed E-state index contributed by atoms with van der Waals surface area (Å²) in [5.41, 5.74) is 6.38. The second-order valence-corrected chi connectivity index (χ2v) is 7.88. The van der Waals surface area contributed by atoms with E-state index in [9.17, 15) is 9.90 Å². The maximum Gasteiger partial charge on any atom is 0.256 e. The molecule has 0 bridgehead atoms. The molecule has 5 nitrogen and oxygen atoms in total. The van der Waals surface area contributed by atoms with Crippen LogP contribution in [0.1, 0.15) is 46.7 Å². The van der Waals surface area contributed by atoms with Gasteiger partial charge in [0.2, 0.25) is 0 Å². The first kappa shape index (κ1) is 19.3. The molecule has 4 rings (SSSR count). The first-order chi connectivity index (χ1) is 14.0. The molecule has 1 aromatic heterocycles. The van der Waals surface area contributed by atoms with Gasteiger partial charge in [0.15, 0.2) is 5.82 Å². The number of aromatic nitrogens is 2. The molecular weight excluding hydrogens is 362 g/mol. The minimum absolute atomic E-state index is 0.0366. The van der Waals surface area contributed by atoms with Crippen LogP contribution in [0.15, 0.2) is 48.5 Å². The monoisotopic (exact) mass is 387 g/mol. The van der Waals surface area contributed by atoms with E-state index in [1.54, 1.807) is 12.1 Å². The average Bonchev–Trinajstić information content (AvgIpc) is 2.74. The van der Waals surface area contributed by atoms with Crippen LogP contribution in [0.3, 0.4) is 0 Å². The third kappa shape index (κ3) is 4.05. The van der Waals surface area contributed by atoms with Crippen molar-refractivity contribution in [3.05, 3.63) is 76.6 Å². The van der Waals surface area contributed by atoms with Crippen molar-refractivity contribution < 1.29 is 9.90 Å². The number of aliphatic hydroxyl groups excluding tert-OH is 1. The number of fused-ring (bicyclic) bond motifs is 3. The predicted molar refractivity (Wildman–Crippen MR) is 114 cm³/mol. The number of carbonyl (C=O) groups excluding carboxylic acids is 1. The molecule has 3 aromatic rings. The molecule has 0 spiro atoms. The van der Waals surface area contributed by atoms with E-state index in [0.717, 1.165) is 47.5 Å². The van der Waals surface area contributed by atoms with Gasteiger partial charge in [0.05, 0.1) is 23.7 Å². The van der Waals surface area contributed by atoms with E-state index in [4.69, 9.17) is 9.97 Å². The molecule has 5 heteroatoms. The number of amides is 1. The molecule has 0 aliphatic heterocycles. The number of carbonyl (C=O) groups is 1. The molecule has 0 saturated carbocycles. The van der Waals surface area contributed by atoms with Gasteiger partial charge in [-0.05, 0) is 48.4 Å². The number of hydrogen-bond donors (Lipinski definition) is 2. The van der Waals surface area contributed by atoms with Gasteiger partial charge < -0.3 is 10.4 Å². The van der Waals surface area contributed by atoms with Gasteiger partial charge in [-0.3, -0.25) is 4.79 Å². The number of hydrogen-bond acceptors (Lipinski definition) is 4. The number of aryl methyl sites for hydroxylation is 2. The van der Waals surface area contributed by atoms with Crippen LogP contribution in [-0.4, -0.2) is 21.0 Å². The van der Waals surface area contributed by atoms with Crippen molar-refractivity contribution in [2.45, 2.75) is 39.7 Å².